The van der Waals surface area contributed by atoms with E-state index in [-0.39, 0.29) is 16.6 Å². The summed E-state index contributed by atoms with van der Waals surface area (Å²) in [5, 5.41) is 7.76. The van der Waals surface area contributed by atoms with Crippen LogP contribution < -0.4 is 10.5 Å². The van der Waals surface area contributed by atoms with E-state index in [2.05, 4.69) is 5.32 Å². The molecule has 0 unspecified atom stereocenters. The highest BCUT2D eigenvalue weighted by atomic mass is 32.2. The molecule has 26 heavy (non-hydrogen) atoms. The lowest BCUT2D eigenvalue weighted by Gasteiger charge is -2.12. The van der Waals surface area contributed by atoms with Crippen LogP contribution in [0.15, 0.2) is 58.3 Å². The van der Waals surface area contributed by atoms with Crippen molar-refractivity contribution in [1.29, 1.82) is 0 Å². The quantitative estimate of drug-likeness (QED) is 0.727. The molecule has 2 aromatic rings. The molecule has 2 rings (SSSR count). The molecule has 0 aliphatic carbocycles. The Morgan fingerprint density at radius 2 is 1.81 bits per heavy atom. The van der Waals surface area contributed by atoms with E-state index < -0.39 is 15.9 Å². The molecule has 0 atom stereocenters. The van der Waals surface area contributed by atoms with Gasteiger partial charge in [0.25, 0.3) is 5.91 Å². The number of sulfonamides is 1. The number of nitrogens with one attached hydrogen (secondary N) is 1. The van der Waals surface area contributed by atoms with Crippen LogP contribution in [0.1, 0.15) is 10.4 Å². The summed E-state index contributed by atoms with van der Waals surface area (Å²) in [4.78, 5) is 26.4. The third-order valence-corrected chi connectivity index (χ3v) is 5.37. The van der Waals surface area contributed by atoms with Gasteiger partial charge in [0.2, 0.25) is 15.9 Å². The molecule has 0 radical (unpaired) electrons. The zero-order valence-corrected chi connectivity index (χ0v) is 15.9. The minimum Gasteiger partial charge on any atom is -0.348 e. The molecule has 7 nitrogen and oxygen atoms in total. The summed E-state index contributed by atoms with van der Waals surface area (Å²) in [5.74, 6) is -0.263. The SMILES string of the molecule is CN(C)C(=O)CSc1ccccc1C(=O)Nc1cccc(S(N)(=O)=O)c1. The van der Waals surface area contributed by atoms with E-state index in [1.807, 2.05) is 0 Å². The fraction of sp³-hybridized carbons (Fsp3) is 0.176. The van der Waals surface area contributed by atoms with Crippen LogP contribution in [0.3, 0.4) is 0 Å². The average Bonchev–Trinajstić information content (AvgIpc) is 2.59. The van der Waals surface area contributed by atoms with Gasteiger partial charge in [0, 0.05) is 24.7 Å². The molecule has 138 valence electrons. The smallest absolute Gasteiger partial charge is 0.256 e. The number of primary sulfonamides is 1. The normalized spacial score (nSPS) is 11.0. The fourth-order valence-electron chi connectivity index (χ4n) is 2.00. The van der Waals surface area contributed by atoms with Gasteiger partial charge in [-0.2, -0.15) is 0 Å². The highest BCUT2D eigenvalue weighted by molar-refractivity contribution is 8.00. The van der Waals surface area contributed by atoms with Crippen LogP contribution in [0.4, 0.5) is 5.69 Å². The summed E-state index contributed by atoms with van der Waals surface area (Å²) < 4.78 is 22.8. The zero-order chi connectivity index (χ0) is 19.3. The van der Waals surface area contributed by atoms with Crippen molar-refractivity contribution in [1.82, 2.24) is 4.90 Å². The van der Waals surface area contributed by atoms with E-state index in [1.54, 1.807) is 44.4 Å². The lowest BCUT2D eigenvalue weighted by molar-refractivity contribution is -0.125. The standard InChI is InChI=1S/C17H19N3O4S2/c1-20(2)16(21)11-25-15-9-4-3-8-14(15)17(22)19-12-6-5-7-13(10-12)26(18,23)24/h3-10H,11H2,1-2H3,(H,19,22)(H2,18,23,24). The predicted molar refractivity (Wildman–Crippen MR) is 102 cm³/mol. The number of hydrogen-bond acceptors (Lipinski definition) is 5. The van der Waals surface area contributed by atoms with Crippen molar-refractivity contribution in [2.75, 3.05) is 25.2 Å². The van der Waals surface area contributed by atoms with E-state index >= 15 is 0 Å². The van der Waals surface area contributed by atoms with Gasteiger partial charge in [-0.3, -0.25) is 9.59 Å². The third kappa shape index (κ3) is 5.32. The van der Waals surface area contributed by atoms with Crippen LogP contribution in [-0.2, 0) is 14.8 Å². The Bertz CT molecular complexity index is 927. The van der Waals surface area contributed by atoms with Crippen LogP contribution in [-0.4, -0.2) is 45.0 Å². The molecule has 0 heterocycles. The number of amides is 2. The maximum Gasteiger partial charge on any atom is 0.256 e. The molecule has 0 fully saturated rings. The topological polar surface area (TPSA) is 110 Å². The van der Waals surface area contributed by atoms with E-state index in [0.717, 1.165) is 0 Å². The first kappa shape index (κ1) is 20.0. The van der Waals surface area contributed by atoms with Crippen molar-refractivity contribution in [3.05, 3.63) is 54.1 Å². The van der Waals surface area contributed by atoms with Crippen LogP contribution in [0.2, 0.25) is 0 Å². The molecule has 0 saturated carbocycles. The monoisotopic (exact) mass is 393 g/mol. The number of thioether (sulfide) groups is 1. The highest BCUT2D eigenvalue weighted by Gasteiger charge is 2.15. The Kier molecular flexibility index (Phi) is 6.41. The van der Waals surface area contributed by atoms with Crippen molar-refractivity contribution in [2.24, 2.45) is 5.14 Å². The third-order valence-electron chi connectivity index (χ3n) is 3.40. The average molecular weight is 393 g/mol. The van der Waals surface area contributed by atoms with Crippen molar-refractivity contribution < 1.29 is 18.0 Å². The summed E-state index contributed by atoms with van der Waals surface area (Å²) >= 11 is 1.26. The van der Waals surface area contributed by atoms with E-state index in [0.29, 0.717) is 16.1 Å². The number of carbonyl (C=O) groups is 2. The van der Waals surface area contributed by atoms with Gasteiger partial charge in [-0.1, -0.05) is 18.2 Å². The van der Waals surface area contributed by atoms with Gasteiger partial charge in [-0.25, -0.2) is 13.6 Å². The van der Waals surface area contributed by atoms with Crippen molar-refractivity contribution >= 4 is 39.3 Å². The Morgan fingerprint density at radius 3 is 2.46 bits per heavy atom. The number of benzene rings is 2. The first-order valence-corrected chi connectivity index (χ1v) is 10.1. The number of nitrogens with zero attached hydrogens (tertiary/aromatic N) is 1. The lowest BCUT2D eigenvalue weighted by Crippen LogP contribution is -2.23. The summed E-state index contributed by atoms with van der Waals surface area (Å²) in [6, 6.07) is 12.6. The Balaban J connectivity index is 2.19. The Labute approximate surface area is 156 Å². The molecule has 9 heteroatoms. The number of anilines is 1. The van der Waals surface area contributed by atoms with Crippen molar-refractivity contribution in [2.45, 2.75) is 9.79 Å². The summed E-state index contributed by atoms with van der Waals surface area (Å²) in [6.45, 7) is 0. The van der Waals surface area contributed by atoms with Gasteiger partial charge in [0.1, 0.15) is 0 Å². The summed E-state index contributed by atoms with van der Waals surface area (Å²) in [7, 11) is -0.524. The molecule has 0 saturated heterocycles. The van der Waals surface area contributed by atoms with Gasteiger partial charge in [-0.05, 0) is 30.3 Å². The van der Waals surface area contributed by atoms with Crippen molar-refractivity contribution in [3.63, 3.8) is 0 Å². The molecule has 0 aliphatic heterocycles. The molecular formula is C17H19N3O4S2. The van der Waals surface area contributed by atoms with Crippen LogP contribution in [0.25, 0.3) is 0 Å². The van der Waals surface area contributed by atoms with Crippen LogP contribution >= 0.6 is 11.8 Å². The second-order valence-corrected chi connectivity index (χ2v) is 8.18. The molecule has 2 amide bonds. The van der Waals surface area contributed by atoms with Gasteiger partial charge >= 0.3 is 0 Å². The summed E-state index contributed by atoms with van der Waals surface area (Å²) in [6.07, 6.45) is 0. The molecule has 0 spiro atoms. The van der Waals surface area contributed by atoms with E-state index in [4.69, 9.17) is 5.14 Å². The predicted octanol–water partition coefficient (Wildman–Crippen LogP) is 1.77. The maximum atomic E-state index is 12.6. The number of nitrogens with two attached hydrogens (primary N) is 1. The van der Waals surface area contributed by atoms with Gasteiger partial charge in [-0.15, -0.1) is 11.8 Å². The first-order chi connectivity index (χ1) is 12.2. The fourth-order valence-corrected chi connectivity index (χ4v) is 3.59. The van der Waals surface area contributed by atoms with Crippen LogP contribution in [0.5, 0.6) is 0 Å². The molecule has 0 bridgehead atoms. The van der Waals surface area contributed by atoms with Gasteiger partial charge in [0.15, 0.2) is 0 Å². The van der Waals surface area contributed by atoms with Gasteiger partial charge in [0.05, 0.1) is 16.2 Å². The minimum absolute atomic E-state index is 0.0638. The molecule has 3 N–H and O–H groups in total. The van der Waals surface area contributed by atoms with E-state index in [9.17, 15) is 18.0 Å². The lowest BCUT2D eigenvalue weighted by atomic mass is 10.2. The summed E-state index contributed by atoms with van der Waals surface area (Å²) in [5.41, 5.74) is 0.704. The molecule has 0 aromatic heterocycles. The molecular weight excluding hydrogens is 374 g/mol. The number of rotatable bonds is 6. The first-order valence-electron chi connectivity index (χ1n) is 7.54. The zero-order valence-electron chi connectivity index (χ0n) is 14.3. The molecule has 2 aromatic carbocycles. The highest BCUT2D eigenvalue weighted by Crippen LogP contribution is 2.24. The molecule has 0 aliphatic rings. The Hall–Kier alpha value is -2.36. The minimum atomic E-state index is -3.86. The van der Waals surface area contributed by atoms with Gasteiger partial charge < -0.3 is 10.2 Å². The number of hydrogen-bond donors (Lipinski definition) is 2. The maximum absolute atomic E-state index is 12.6. The number of carbonyl (C=O) groups excluding carboxylic acids is 2. The second-order valence-electron chi connectivity index (χ2n) is 5.60. The second kappa shape index (κ2) is 8.35. The largest absolute Gasteiger partial charge is 0.348 e. The van der Waals surface area contributed by atoms with Crippen LogP contribution in [0, 0.1) is 0 Å². The van der Waals surface area contributed by atoms with E-state index in [1.165, 1.54) is 34.9 Å². The van der Waals surface area contributed by atoms with Crippen molar-refractivity contribution in [3.8, 4) is 0 Å². The Morgan fingerprint density at radius 1 is 1.12 bits per heavy atom.